The lowest BCUT2D eigenvalue weighted by Crippen LogP contribution is -2.55. The standard InChI is InChI=1S/C13H22N2OS/c1-11-12(4-6-16-11)8-15(2)13(9-14)5-3-7-17-10-13/h4,6H,3,5,7-10,14H2,1-2H3. The molecule has 2 rings (SSSR count). The molecule has 17 heavy (non-hydrogen) atoms. The van der Waals surface area contributed by atoms with Crippen LogP contribution >= 0.6 is 11.8 Å². The molecule has 0 spiro atoms. The van der Waals surface area contributed by atoms with Crippen molar-refractivity contribution in [1.82, 2.24) is 4.90 Å². The van der Waals surface area contributed by atoms with Gasteiger partial charge in [0.05, 0.1) is 6.26 Å². The van der Waals surface area contributed by atoms with Gasteiger partial charge in [0.25, 0.3) is 0 Å². The third-order valence-electron chi connectivity index (χ3n) is 3.87. The van der Waals surface area contributed by atoms with Gasteiger partial charge in [-0.15, -0.1) is 0 Å². The van der Waals surface area contributed by atoms with Crippen molar-refractivity contribution in [3.8, 4) is 0 Å². The van der Waals surface area contributed by atoms with Crippen LogP contribution in [0.3, 0.4) is 0 Å². The lowest BCUT2D eigenvalue weighted by molar-refractivity contribution is 0.126. The van der Waals surface area contributed by atoms with Gasteiger partial charge >= 0.3 is 0 Å². The second kappa shape index (κ2) is 5.46. The van der Waals surface area contributed by atoms with Crippen LogP contribution in [0.25, 0.3) is 0 Å². The summed E-state index contributed by atoms with van der Waals surface area (Å²) in [7, 11) is 2.19. The van der Waals surface area contributed by atoms with E-state index in [1.165, 1.54) is 24.2 Å². The smallest absolute Gasteiger partial charge is 0.105 e. The van der Waals surface area contributed by atoms with E-state index in [1.807, 2.05) is 18.7 Å². The highest BCUT2D eigenvalue weighted by atomic mass is 32.2. The molecule has 0 amide bonds. The maximum atomic E-state index is 6.03. The number of hydrogen-bond donors (Lipinski definition) is 1. The topological polar surface area (TPSA) is 42.4 Å². The predicted octanol–water partition coefficient (Wildman–Crippen LogP) is 2.24. The Hall–Kier alpha value is -0.450. The molecule has 0 bridgehead atoms. The van der Waals surface area contributed by atoms with E-state index in [0.717, 1.165) is 24.6 Å². The van der Waals surface area contributed by atoms with Crippen LogP contribution < -0.4 is 5.73 Å². The number of hydrogen-bond acceptors (Lipinski definition) is 4. The van der Waals surface area contributed by atoms with Crippen LogP contribution in [0.1, 0.15) is 24.2 Å². The van der Waals surface area contributed by atoms with Crippen molar-refractivity contribution in [1.29, 1.82) is 0 Å². The molecule has 1 fully saturated rings. The Labute approximate surface area is 108 Å². The Balaban J connectivity index is 2.07. The van der Waals surface area contributed by atoms with Crippen molar-refractivity contribution >= 4 is 11.8 Å². The normalized spacial score (nSPS) is 25.4. The van der Waals surface area contributed by atoms with E-state index in [9.17, 15) is 0 Å². The van der Waals surface area contributed by atoms with Gasteiger partial charge in [0.2, 0.25) is 0 Å². The molecule has 0 aliphatic carbocycles. The van der Waals surface area contributed by atoms with Crippen LogP contribution in [0, 0.1) is 6.92 Å². The van der Waals surface area contributed by atoms with Gasteiger partial charge in [-0.3, -0.25) is 4.90 Å². The fourth-order valence-electron chi connectivity index (χ4n) is 2.45. The number of rotatable bonds is 4. The number of thioether (sulfide) groups is 1. The van der Waals surface area contributed by atoms with E-state index in [-0.39, 0.29) is 5.54 Å². The van der Waals surface area contributed by atoms with Crippen molar-refractivity contribution in [3.63, 3.8) is 0 Å². The van der Waals surface area contributed by atoms with Gasteiger partial charge in [0.15, 0.2) is 0 Å². The molecule has 1 saturated heterocycles. The van der Waals surface area contributed by atoms with Crippen molar-refractivity contribution in [2.45, 2.75) is 31.8 Å². The Kier molecular flexibility index (Phi) is 4.17. The van der Waals surface area contributed by atoms with Gasteiger partial charge in [-0.1, -0.05) is 0 Å². The van der Waals surface area contributed by atoms with Crippen molar-refractivity contribution in [3.05, 3.63) is 23.7 Å². The first-order chi connectivity index (χ1) is 8.18. The molecule has 2 heterocycles. The summed E-state index contributed by atoms with van der Waals surface area (Å²) in [6, 6.07) is 2.06. The average molecular weight is 254 g/mol. The minimum atomic E-state index is 0.173. The van der Waals surface area contributed by atoms with Crippen LogP contribution in [0.5, 0.6) is 0 Å². The highest BCUT2D eigenvalue weighted by Crippen LogP contribution is 2.31. The van der Waals surface area contributed by atoms with Gasteiger partial charge in [0.1, 0.15) is 5.76 Å². The largest absolute Gasteiger partial charge is 0.469 e. The van der Waals surface area contributed by atoms with Crippen LogP contribution in [0.2, 0.25) is 0 Å². The second-order valence-corrected chi connectivity index (χ2v) is 6.05. The zero-order chi connectivity index (χ0) is 12.3. The van der Waals surface area contributed by atoms with Gasteiger partial charge in [-0.05, 0) is 38.6 Å². The van der Waals surface area contributed by atoms with Crippen LogP contribution in [-0.4, -0.2) is 35.5 Å². The molecule has 0 radical (unpaired) electrons. The van der Waals surface area contributed by atoms with Crippen LogP contribution in [0.4, 0.5) is 0 Å². The zero-order valence-electron chi connectivity index (χ0n) is 10.7. The first-order valence-electron chi connectivity index (χ1n) is 6.20. The minimum Gasteiger partial charge on any atom is -0.469 e. The summed E-state index contributed by atoms with van der Waals surface area (Å²) in [6.07, 6.45) is 4.25. The molecule has 1 aromatic heterocycles. The van der Waals surface area contributed by atoms with Crippen LogP contribution in [0.15, 0.2) is 16.7 Å². The summed E-state index contributed by atoms with van der Waals surface area (Å²) in [5.74, 6) is 3.45. The molecule has 96 valence electrons. The summed E-state index contributed by atoms with van der Waals surface area (Å²) >= 11 is 2.03. The predicted molar refractivity (Wildman–Crippen MR) is 73.3 cm³/mol. The fraction of sp³-hybridized carbons (Fsp3) is 0.692. The van der Waals surface area contributed by atoms with Crippen molar-refractivity contribution in [2.24, 2.45) is 5.73 Å². The molecule has 1 aliphatic heterocycles. The van der Waals surface area contributed by atoms with Crippen molar-refractivity contribution < 1.29 is 4.42 Å². The Morgan fingerprint density at radius 2 is 2.41 bits per heavy atom. The number of nitrogens with zero attached hydrogens (tertiary/aromatic N) is 1. The van der Waals surface area contributed by atoms with E-state index >= 15 is 0 Å². The molecule has 1 atom stereocenters. The third kappa shape index (κ3) is 2.69. The molecule has 0 aromatic carbocycles. The zero-order valence-corrected chi connectivity index (χ0v) is 11.6. The van der Waals surface area contributed by atoms with Gasteiger partial charge < -0.3 is 10.2 Å². The number of nitrogens with two attached hydrogens (primary N) is 1. The highest BCUT2D eigenvalue weighted by Gasteiger charge is 2.35. The van der Waals surface area contributed by atoms with E-state index < -0.39 is 0 Å². The third-order valence-corrected chi connectivity index (χ3v) is 5.18. The molecule has 2 N–H and O–H groups in total. The molecule has 4 heteroatoms. The Morgan fingerprint density at radius 1 is 1.59 bits per heavy atom. The molecule has 0 saturated carbocycles. The SMILES string of the molecule is Cc1occc1CN(C)C1(CN)CCCSC1. The molecule has 1 aromatic rings. The molecular formula is C13H22N2OS. The first kappa shape index (κ1) is 13.0. The van der Waals surface area contributed by atoms with Gasteiger partial charge in [-0.25, -0.2) is 0 Å². The summed E-state index contributed by atoms with van der Waals surface area (Å²) < 4.78 is 5.36. The summed E-state index contributed by atoms with van der Waals surface area (Å²) in [5, 5.41) is 0. The summed E-state index contributed by atoms with van der Waals surface area (Å²) in [5.41, 5.74) is 7.47. The molecular weight excluding hydrogens is 232 g/mol. The quantitative estimate of drug-likeness (QED) is 0.895. The van der Waals surface area contributed by atoms with Crippen LogP contribution in [-0.2, 0) is 6.54 Å². The van der Waals surface area contributed by atoms with Gasteiger partial charge in [0, 0.05) is 29.9 Å². The average Bonchev–Trinajstić information content (AvgIpc) is 2.76. The molecule has 1 unspecified atom stereocenters. The monoisotopic (exact) mass is 254 g/mol. The van der Waals surface area contributed by atoms with E-state index in [2.05, 4.69) is 18.0 Å². The highest BCUT2D eigenvalue weighted by molar-refractivity contribution is 7.99. The Bertz CT molecular complexity index is 358. The lowest BCUT2D eigenvalue weighted by atomic mass is 9.93. The number of aryl methyl sites for hydroxylation is 1. The minimum absolute atomic E-state index is 0.173. The van der Waals surface area contributed by atoms with E-state index in [1.54, 1.807) is 6.26 Å². The number of likely N-dealkylation sites (N-methyl/N-ethyl adjacent to an activating group) is 1. The lowest BCUT2D eigenvalue weighted by Gasteiger charge is -2.43. The maximum absolute atomic E-state index is 6.03. The maximum Gasteiger partial charge on any atom is 0.105 e. The Morgan fingerprint density at radius 3 is 2.94 bits per heavy atom. The fourth-order valence-corrected chi connectivity index (χ4v) is 3.81. The molecule has 1 aliphatic rings. The van der Waals surface area contributed by atoms with Gasteiger partial charge in [-0.2, -0.15) is 11.8 Å². The molecule has 3 nitrogen and oxygen atoms in total. The van der Waals surface area contributed by atoms with E-state index in [0.29, 0.717) is 0 Å². The van der Waals surface area contributed by atoms with Crippen molar-refractivity contribution in [2.75, 3.05) is 25.1 Å². The second-order valence-electron chi connectivity index (χ2n) is 4.94. The first-order valence-corrected chi connectivity index (χ1v) is 7.35. The number of furan rings is 1. The summed E-state index contributed by atoms with van der Waals surface area (Å²) in [6.45, 7) is 3.70. The van der Waals surface area contributed by atoms with E-state index in [4.69, 9.17) is 10.2 Å². The summed E-state index contributed by atoms with van der Waals surface area (Å²) in [4.78, 5) is 2.41.